The largest absolute Gasteiger partial charge is 0.849 e. The van der Waals surface area contributed by atoms with E-state index in [1.54, 1.807) is 0 Å². The number of quaternary nitrogens is 1. The Bertz CT molecular complexity index is 340. The Morgan fingerprint density at radius 3 is 1.59 bits per heavy atom. The quantitative estimate of drug-likeness (QED) is 0.195. The van der Waals surface area contributed by atoms with Crippen LogP contribution in [-0.4, -0.2) is 35.7 Å². The van der Waals surface area contributed by atoms with E-state index in [-0.39, 0.29) is 12.8 Å². The third-order valence-corrected chi connectivity index (χ3v) is 4.86. The van der Waals surface area contributed by atoms with Gasteiger partial charge in [0.15, 0.2) is 0 Å². The van der Waals surface area contributed by atoms with Gasteiger partial charge in [0.2, 0.25) is 0 Å². The summed E-state index contributed by atoms with van der Waals surface area (Å²) >= 11 is 0. The standard InChI is InChI=1S/C19H40O6P.H3N/c1-2-3-4-5-6-7-8-9-10-11-12-13-14-15-16-24-17-19(20)18-25-26(21,22)23;/h19H,2-18H2,1H3,(H2,21,22,23);1H3/q-1;/p+1/t19-;/m0./s1. The van der Waals surface area contributed by atoms with E-state index in [0.29, 0.717) is 6.61 Å². The Balaban J connectivity index is 0. The van der Waals surface area contributed by atoms with Crippen LogP contribution in [0.25, 0.3) is 0 Å². The monoisotopic (exact) mass is 413 g/mol. The summed E-state index contributed by atoms with van der Waals surface area (Å²) in [6.45, 7) is 2.18. The van der Waals surface area contributed by atoms with Gasteiger partial charge in [-0.25, -0.2) is 4.57 Å². The van der Waals surface area contributed by atoms with Crippen molar-refractivity contribution in [3.05, 3.63) is 0 Å². The minimum Gasteiger partial charge on any atom is -0.849 e. The number of hydrogen-bond acceptors (Lipinski definition) is 4. The van der Waals surface area contributed by atoms with Gasteiger partial charge >= 0.3 is 7.82 Å². The van der Waals surface area contributed by atoms with E-state index in [0.717, 1.165) is 12.8 Å². The molecular formula is C19H44NO6P. The molecule has 1 atom stereocenters. The second kappa shape index (κ2) is 20.7. The molecule has 0 radical (unpaired) electrons. The molecule has 0 amide bonds. The molecular weight excluding hydrogens is 369 g/mol. The number of hydrogen-bond donors (Lipinski definition) is 3. The van der Waals surface area contributed by atoms with Gasteiger partial charge in [-0.05, 0) is 6.42 Å². The number of ether oxygens (including phenoxy) is 1. The summed E-state index contributed by atoms with van der Waals surface area (Å²) in [6.07, 6.45) is 16.9. The molecule has 0 rings (SSSR count). The maximum absolute atomic E-state index is 11.3. The van der Waals surface area contributed by atoms with E-state index in [4.69, 9.17) is 14.5 Å². The molecule has 0 spiro atoms. The zero-order chi connectivity index (χ0) is 19.5. The van der Waals surface area contributed by atoms with Crippen LogP contribution >= 0.6 is 7.82 Å². The first kappa shape index (κ1) is 29.2. The van der Waals surface area contributed by atoms with Crippen LogP contribution in [0, 0.1) is 0 Å². The average molecular weight is 414 g/mol. The van der Waals surface area contributed by atoms with Crippen molar-refractivity contribution in [2.45, 2.75) is 103 Å². The molecule has 0 heterocycles. The summed E-state index contributed by atoms with van der Waals surface area (Å²) in [5.74, 6) is 0. The highest BCUT2D eigenvalue weighted by atomic mass is 31.2. The molecule has 0 saturated heterocycles. The van der Waals surface area contributed by atoms with Crippen LogP contribution < -0.4 is 11.3 Å². The van der Waals surface area contributed by atoms with Crippen molar-refractivity contribution in [2.75, 3.05) is 19.8 Å². The minimum absolute atomic E-state index is 0. The summed E-state index contributed by atoms with van der Waals surface area (Å²) in [7, 11) is -4.55. The molecule has 8 heteroatoms. The fourth-order valence-electron chi connectivity index (χ4n) is 2.84. The van der Waals surface area contributed by atoms with Crippen molar-refractivity contribution >= 4 is 7.82 Å². The molecule has 0 aliphatic heterocycles. The molecule has 0 fully saturated rings. The topological polar surface area (TPSA) is 136 Å². The predicted molar refractivity (Wildman–Crippen MR) is 109 cm³/mol. The lowest BCUT2D eigenvalue weighted by Crippen LogP contribution is -2.35. The van der Waals surface area contributed by atoms with Gasteiger partial charge in [0.1, 0.15) is 0 Å². The lowest BCUT2D eigenvalue weighted by Gasteiger charge is -2.21. The molecule has 7 nitrogen and oxygen atoms in total. The van der Waals surface area contributed by atoms with Crippen LogP contribution in [0.2, 0.25) is 0 Å². The average Bonchev–Trinajstić information content (AvgIpc) is 2.59. The van der Waals surface area contributed by atoms with Crippen molar-refractivity contribution in [1.82, 2.24) is 6.15 Å². The van der Waals surface area contributed by atoms with Crippen molar-refractivity contribution in [2.24, 2.45) is 0 Å². The van der Waals surface area contributed by atoms with E-state index in [1.165, 1.54) is 77.0 Å². The van der Waals surface area contributed by atoms with Gasteiger partial charge < -0.3 is 25.8 Å². The first-order chi connectivity index (χ1) is 12.5. The molecule has 0 unspecified atom stereocenters. The predicted octanol–water partition coefficient (Wildman–Crippen LogP) is 4.70. The highest BCUT2D eigenvalue weighted by Crippen LogP contribution is 2.35. The van der Waals surface area contributed by atoms with E-state index < -0.39 is 20.5 Å². The Morgan fingerprint density at radius 1 is 0.778 bits per heavy atom. The molecule has 0 aliphatic rings. The molecule has 0 aromatic heterocycles. The highest BCUT2D eigenvalue weighted by Gasteiger charge is 2.13. The van der Waals surface area contributed by atoms with Crippen LogP contribution in [0.3, 0.4) is 0 Å². The Kier molecular flexibility index (Phi) is 22.4. The molecule has 27 heavy (non-hydrogen) atoms. The van der Waals surface area contributed by atoms with Gasteiger partial charge in [-0.15, -0.1) is 0 Å². The fourth-order valence-corrected chi connectivity index (χ4v) is 3.20. The number of rotatable bonds is 20. The first-order valence-corrected chi connectivity index (χ1v) is 11.9. The molecule has 0 aliphatic carbocycles. The van der Waals surface area contributed by atoms with Crippen molar-refractivity contribution in [3.63, 3.8) is 0 Å². The van der Waals surface area contributed by atoms with Crippen molar-refractivity contribution in [1.29, 1.82) is 0 Å². The van der Waals surface area contributed by atoms with Gasteiger partial charge in [-0.3, -0.25) is 4.52 Å². The van der Waals surface area contributed by atoms with Gasteiger partial charge in [0, 0.05) is 19.8 Å². The van der Waals surface area contributed by atoms with E-state index in [1.807, 2.05) is 0 Å². The summed E-state index contributed by atoms with van der Waals surface area (Å²) in [6, 6.07) is 0. The van der Waals surface area contributed by atoms with Crippen molar-refractivity contribution < 1.29 is 28.7 Å². The third kappa shape index (κ3) is 26.0. The first-order valence-electron chi connectivity index (χ1n) is 10.4. The van der Waals surface area contributed by atoms with Gasteiger partial charge in [0.25, 0.3) is 0 Å². The summed E-state index contributed by atoms with van der Waals surface area (Å²) < 4.78 is 19.8. The molecule has 0 aromatic rings. The zero-order valence-corrected chi connectivity index (χ0v) is 18.5. The van der Waals surface area contributed by atoms with Crippen LogP contribution in [0.5, 0.6) is 0 Å². The second-order valence-electron chi connectivity index (χ2n) is 7.08. The maximum Gasteiger partial charge on any atom is 0.469 e. The van der Waals surface area contributed by atoms with E-state index in [2.05, 4.69) is 11.4 Å². The van der Waals surface area contributed by atoms with Crippen LogP contribution in [-0.2, 0) is 13.8 Å². The van der Waals surface area contributed by atoms with Crippen LogP contribution in [0.4, 0.5) is 0 Å². The number of phosphoric ester groups is 1. The van der Waals surface area contributed by atoms with Gasteiger partial charge in [0.05, 0.1) is 0 Å². The Morgan fingerprint density at radius 2 is 1.19 bits per heavy atom. The summed E-state index contributed by atoms with van der Waals surface area (Å²) in [5, 5.41) is 11.3. The smallest absolute Gasteiger partial charge is 0.469 e. The highest BCUT2D eigenvalue weighted by molar-refractivity contribution is 7.46. The minimum atomic E-state index is -4.55. The van der Waals surface area contributed by atoms with Gasteiger partial charge in [-0.1, -0.05) is 96.5 Å². The Labute approximate surface area is 166 Å². The third-order valence-electron chi connectivity index (χ3n) is 4.37. The molecule has 0 saturated carbocycles. The van der Waals surface area contributed by atoms with Crippen molar-refractivity contribution in [3.8, 4) is 0 Å². The summed E-state index contributed by atoms with van der Waals surface area (Å²) in [5.41, 5.74) is 0. The van der Waals surface area contributed by atoms with Gasteiger partial charge in [-0.2, -0.15) is 0 Å². The Hall–Kier alpha value is -0.0100. The molecule has 6 N–H and O–H groups in total. The summed E-state index contributed by atoms with van der Waals surface area (Å²) in [4.78, 5) is 17.0. The normalized spacial score (nSPS) is 12.7. The lowest BCUT2D eigenvalue weighted by atomic mass is 10.0. The molecule has 166 valence electrons. The van der Waals surface area contributed by atoms with Crippen LogP contribution in [0.15, 0.2) is 0 Å². The lowest BCUT2D eigenvalue weighted by molar-refractivity contribution is -0.431. The van der Waals surface area contributed by atoms with E-state index >= 15 is 0 Å². The zero-order valence-electron chi connectivity index (χ0n) is 17.6. The number of phosphoric acid groups is 1. The number of unbranched alkanes of at least 4 members (excludes halogenated alkanes) is 13. The molecule has 0 bridgehead atoms. The maximum atomic E-state index is 11.3. The fraction of sp³-hybridized carbons (Fsp3) is 1.00. The van der Waals surface area contributed by atoms with Crippen LogP contribution in [0.1, 0.15) is 96.8 Å². The second-order valence-corrected chi connectivity index (χ2v) is 8.32. The SMILES string of the molecule is CCCCCCCCCCCCCCCCOC[C@H]([O-])COP(=O)(O)O.[NH4+]. The van der Waals surface area contributed by atoms with E-state index in [9.17, 15) is 9.67 Å². The molecule has 0 aromatic carbocycles.